The highest BCUT2D eigenvalue weighted by Gasteiger charge is 1.98. The van der Waals surface area contributed by atoms with Crippen molar-refractivity contribution in [1.29, 1.82) is 0 Å². The fourth-order valence-corrected chi connectivity index (χ4v) is 0.834. The third kappa shape index (κ3) is 2.78. The number of phenols is 2. The van der Waals surface area contributed by atoms with Crippen LogP contribution in [-0.2, 0) is 4.79 Å². The molecule has 0 saturated heterocycles. The first-order valence-electron chi connectivity index (χ1n) is 3.91. The number of benzene rings is 1. The molecular formula is C9H10N2O3. The van der Waals surface area contributed by atoms with Crippen LogP contribution < -0.4 is 5.43 Å². The molecule has 0 bridgehead atoms. The Bertz CT molecular complexity index is 374. The minimum absolute atomic E-state index is 0.0285. The molecule has 0 aliphatic carbocycles. The lowest BCUT2D eigenvalue weighted by atomic mass is 10.2. The summed E-state index contributed by atoms with van der Waals surface area (Å²) >= 11 is 0. The summed E-state index contributed by atoms with van der Waals surface area (Å²) in [5.74, 6) is -0.419. The number of carbonyl (C=O) groups excluding carboxylic acids is 1. The van der Waals surface area contributed by atoms with Gasteiger partial charge in [0.15, 0.2) is 0 Å². The fourth-order valence-electron chi connectivity index (χ4n) is 0.834. The maximum absolute atomic E-state index is 10.4. The molecule has 1 amide bonds. The number of rotatable bonds is 2. The van der Waals surface area contributed by atoms with E-state index in [2.05, 4.69) is 10.5 Å². The molecule has 0 saturated carbocycles. The molecule has 5 nitrogen and oxygen atoms in total. The van der Waals surface area contributed by atoms with Gasteiger partial charge in [-0.15, -0.1) is 0 Å². The zero-order valence-corrected chi connectivity index (χ0v) is 7.56. The second kappa shape index (κ2) is 4.27. The van der Waals surface area contributed by atoms with Crippen LogP contribution in [0.4, 0.5) is 0 Å². The average Bonchev–Trinajstić information content (AvgIpc) is 2.08. The highest BCUT2D eigenvalue weighted by Crippen LogP contribution is 2.20. The van der Waals surface area contributed by atoms with E-state index < -0.39 is 0 Å². The first kappa shape index (κ1) is 10.0. The molecule has 0 aliphatic heterocycles. The van der Waals surface area contributed by atoms with Crippen LogP contribution in [0, 0.1) is 0 Å². The van der Waals surface area contributed by atoms with E-state index in [4.69, 9.17) is 5.11 Å². The van der Waals surface area contributed by atoms with E-state index >= 15 is 0 Å². The molecular weight excluding hydrogens is 184 g/mol. The molecule has 14 heavy (non-hydrogen) atoms. The Morgan fingerprint density at radius 1 is 1.50 bits per heavy atom. The predicted molar refractivity (Wildman–Crippen MR) is 51.2 cm³/mol. The molecule has 1 aromatic rings. The summed E-state index contributed by atoms with van der Waals surface area (Å²) in [4.78, 5) is 10.4. The van der Waals surface area contributed by atoms with Crippen LogP contribution >= 0.6 is 0 Å². The molecule has 0 heterocycles. The number of phenolic OH excluding ortho intramolecular Hbond substituents is 2. The van der Waals surface area contributed by atoms with Gasteiger partial charge in [-0.3, -0.25) is 4.79 Å². The van der Waals surface area contributed by atoms with Gasteiger partial charge in [-0.2, -0.15) is 5.10 Å². The van der Waals surface area contributed by atoms with Crippen molar-refractivity contribution in [3.8, 4) is 11.5 Å². The topological polar surface area (TPSA) is 81.9 Å². The molecule has 1 aromatic carbocycles. The van der Waals surface area contributed by atoms with E-state index in [0.29, 0.717) is 5.56 Å². The lowest BCUT2D eigenvalue weighted by Gasteiger charge is -1.98. The Morgan fingerprint density at radius 3 is 2.79 bits per heavy atom. The van der Waals surface area contributed by atoms with Crippen LogP contribution in [-0.4, -0.2) is 22.3 Å². The van der Waals surface area contributed by atoms with E-state index in [1.807, 2.05) is 0 Å². The van der Waals surface area contributed by atoms with Crippen molar-refractivity contribution in [2.75, 3.05) is 0 Å². The van der Waals surface area contributed by atoms with E-state index in [0.717, 1.165) is 0 Å². The Kier molecular flexibility index (Phi) is 3.06. The van der Waals surface area contributed by atoms with Crippen molar-refractivity contribution in [3.05, 3.63) is 23.8 Å². The molecule has 5 heteroatoms. The second-order valence-electron chi connectivity index (χ2n) is 2.67. The Labute approximate surface area is 80.7 Å². The van der Waals surface area contributed by atoms with E-state index in [9.17, 15) is 9.90 Å². The number of hydrazone groups is 1. The van der Waals surface area contributed by atoms with Crippen molar-refractivity contribution >= 4 is 12.1 Å². The van der Waals surface area contributed by atoms with Crippen LogP contribution in [0.25, 0.3) is 0 Å². The average molecular weight is 194 g/mol. The number of aromatic hydroxyl groups is 2. The maximum Gasteiger partial charge on any atom is 0.236 e. The summed E-state index contributed by atoms with van der Waals surface area (Å²) < 4.78 is 0. The lowest BCUT2D eigenvalue weighted by molar-refractivity contribution is -0.118. The summed E-state index contributed by atoms with van der Waals surface area (Å²) in [7, 11) is 0. The molecule has 0 radical (unpaired) electrons. The minimum atomic E-state index is -0.292. The van der Waals surface area contributed by atoms with E-state index in [1.165, 1.54) is 31.3 Å². The van der Waals surface area contributed by atoms with Gasteiger partial charge in [-0.1, -0.05) is 0 Å². The summed E-state index contributed by atoms with van der Waals surface area (Å²) in [5, 5.41) is 21.8. The molecule has 74 valence electrons. The quantitative estimate of drug-likeness (QED) is 0.475. The van der Waals surface area contributed by atoms with Crippen LogP contribution in [0.1, 0.15) is 12.5 Å². The van der Waals surface area contributed by atoms with Crippen molar-refractivity contribution in [3.63, 3.8) is 0 Å². The number of hydrogen-bond donors (Lipinski definition) is 3. The van der Waals surface area contributed by atoms with Crippen LogP contribution in [0.15, 0.2) is 23.3 Å². The van der Waals surface area contributed by atoms with Crippen molar-refractivity contribution in [1.82, 2.24) is 5.43 Å². The Balaban J connectivity index is 2.76. The third-order valence-corrected chi connectivity index (χ3v) is 1.44. The van der Waals surface area contributed by atoms with Gasteiger partial charge in [0.25, 0.3) is 0 Å². The van der Waals surface area contributed by atoms with Gasteiger partial charge < -0.3 is 10.2 Å². The molecule has 3 N–H and O–H groups in total. The zero-order chi connectivity index (χ0) is 10.6. The van der Waals surface area contributed by atoms with Gasteiger partial charge in [0.05, 0.1) is 6.21 Å². The normalized spacial score (nSPS) is 10.4. The Morgan fingerprint density at radius 2 is 2.21 bits per heavy atom. The Hall–Kier alpha value is -2.04. The van der Waals surface area contributed by atoms with Gasteiger partial charge in [-0.25, -0.2) is 5.43 Å². The van der Waals surface area contributed by atoms with Crippen LogP contribution in [0.3, 0.4) is 0 Å². The molecule has 0 unspecified atom stereocenters. The number of nitrogens with one attached hydrogen (secondary N) is 1. The third-order valence-electron chi connectivity index (χ3n) is 1.44. The molecule has 1 rings (SSSR count). The molecule has 0 atom stereocenters. The van der Waals surface area contributed by atoms with Crippen molar-refractivity contribution < 1.29 is 15.0 Å². The highest BCUT2D eigenvalue weighted by molar-refractivity contribution is 5.84. The predicted octanol–water partition coefficient (Wildman–Crippen LogP) is 0.568. The van der Waals surface area contributed by atoms with Gasteiger partial charge >= 0.3 is 0 Å². The van der Waals surface area contributed by atoms with Crippen LogP contribution in [0.2, 0.25) is 0 Å². The molecule has 0 aliphatic rings. The first-order valence-corrected chi connectivity index (χ1v) is 3.91. The first-order chi connectivity index (χ1) is 6.59. The highest BCUT2D eigenvalue weighted by atomic mass is 16.3. The number of nitrogens with zero attached hydrogens (tertiary/aromatic N) is 1. The maximum atomic E-state index is 10.4. The van der Waals surface area contributed by atoms with Crippen molar-refractivity contribution in [2.45, 2.75) is 6.92 Å². The van der Waals surface area contributed by atoms with Gasteiger partial charge in [0.1, 0.15) is 11.5 Å². The van der Waals surface area contributed by atoms with Crippen LogP contribution in [0.5, 0.6) is 11.5 Å². The number of carbonyl (C=O) groups is 1. The smallest absolute Gasteiger partial charge is 0.236 e. The SMILES string of the molecule is CC(=O)NN=Cc1ccc(O)cc1O. The standard InChI is InChI=1S/C9H10N2O3/c1-6(12)11-10-5-7-2-3-8(13)4-9(7)14/h2-5,13-14H,1H3,(H,11,12). The number of amides is 1. The van der Waals surface area contributed by atoms with E-state index in [-0.39, 0.29) is 17.4 Å². The van der Waals surface area contributed by atoms with Gasteiger partial charge in [0, 0.05) is 18.6 Å². The fraction of sp³-hybridized carbons (Fsp3) is 0.111. The zero-order valence-electron chi connectivity index (χ0n) is 7.56. The summed E-state index contributed by atoms with van der Waals surface area (Å²) in [6.07, 6.45) is 1.29. The minimum Gasteiger partial charge on any atom is -0.508 e. The lowest BCUT2D eigenvalue weighted by Crippen LogP contribution is -2.12. The summed E-state index contributed by atoms with van der Waals surface area (Å²) in [5.41, 5.74) is 2.61. The monoisotopic (exact) mass is 194 g/mol. The second-order valence-corrected chi connectivity index (χ2v) is 2.67. The van der Waals surface area contributed by atoms with Gasteiger partial charge in [-0.05, 0) is 12.1 Å². The summed E-state index contributed by atoms with van der Waals surface area (Å²) in [6, 6.07) is 4.08. The number of hydrogen-bond acceptors (Lipinski definition) is 4. The molecule has 0 fully saturated rings. The largest absolute Gasteiger partial charge is 0.508 e. The van der Waals surface area contributed by atoms with E-state index in [1.54, 1.807) is 0 Å². The molecule has 0 spiro atoms. The molecule has 0 aromatic heterocycles. The summed E-state index contributed by atoms with van der Waals surface area (Å²) in [6.45, 7) is 1.33. The van der Waals surface area contributed by atoms with Gasteiger partial charge in [0.2, 0.25) is 5.91 Å². The van der Waals surface area contributed by atoms with Crippen molar-refractivity contribution in [2.24, 2.45) is 5.10 Å².